The Balaban J connectivity index is 2.66. The van der Waals surface area contributed by atoms with Gasteiger partial charge in [0.05, 0.1) is 7.11 Å². The lowest BCUT2D eigenvalue weighted by atomic mass is 9.85. The van der Waals surface area contributed by atoms with E-state index < -0.39 is 0 Å². The van der Waals surface area contributed by atoms with Crippen LogP contribution in [0, 0.1) is 5.41 Å². The van der Waals surface area contributed by atoms with Crippen molar-refractivity contribution in [2.45, 2.75) is 39.8 Å². The normalized spacial score (nSPS) is 13.3. The van der Waals surface area contributed by atoms with Crippen LogP contribution in [0.2, 0.25) is 0 Å². The summed E-state index contributed by atoms with van der Waals surface area (Å²) in [4.78, 5) is 0. The second-order valence-electron chi connectivity index (χ2n) is 5.82. The third kappa shape index (κ3) is 4.73. The molecule has 0 radical (unpaired) electrons. The first-order chi connectivity index (χ1) is 8.88. The maximum absolute atomic E-state index is 9.73. The highest BCUT2D eigenvalue weighted by atomic mass is 16.5. The maximum atomic E-state index is 9.73. The molecule has 4 nitrogen and oxygen atoms in total. The molecule has 0 bridgehead atoms. The van der Waals surface area contributed by atoms with E-state index in [0.717, 1.165) is 5.56 Å². The third-order valence-corrected chi connectivity index (χ3v) is 3.26. The highest BCUT2D eigenvalue weighted by Crippen LogP contribution is 2.27. The Morgan fingerprint density at radius 3 is 2.47 bits per heavy atom. The van der Waals surface area contributed by atoms with Crippen molar-refractivity contribution in [3.05, 3.63) is 23.8 Å². The largest absolute Gasteiger partial charge is 0.504 e. The summed E-state index contributed by atoms with van der Waals surface area (Å²) in [6, 6.07) is 5.60. The third-order valence-electron chi connectivity index (χ3n) is 3.26. The number of hydrogen-bond acceptors (Lipinski definition) is 4. The lowest BCUT2D eigenvalue weighted by Crippen LogP contribution is -2.40. The molecule has 0 saturated heterocycles. The maximum Gasteiger partial charge on any atom is 0.160 e. The zero-order valence-corrected chi connectivity index (χ0v) is 12.2. The molecule has 1 aromatic rings. The summed E-state index contributed by atoms with van der Waals surface area (Å²) in [6.45, 7) is 7.26. The highest BCUT2D eigenvalue weighted by molar-refractivity contribution is 5.41. The van der Waals surface area contributed by atoms with E-state index in [1.807, 2.05) is 6.07 Å². The average molecular weight is 267 g/mol. The second-order valence-corrected chi connectivity index (χ2v) is 5.82. The number of nitrogens with one attached hydrogen (secondary N) is 1. The first-order valence-corrected chi connectivity index (χ1v) is 6.58. The summed E-state index contributed by atoms with van der Waals surface area (Å²) in [5.74, 6) is 0.628. The molecule has 19 heavy (non-hydrogen) atoms. The van der Waals surface area contributed by atoms with Gasteiger partial charge in [-0.3, -0.25) is 0 Å². The van der Waals surface area contributed by atoms with Crippen LogP contribution < -0.4 is 10.1 Å². The molecule has 0 aliphatic carbocycles. The minimum atomic E-state index is 0.0806. The van der Waals surface area contributed by atoms with Crippen LogP contribution in [0.1, 0.15) is 32.8 Å². The number of phenols is 1. The van der Waals surface area contributed by atoms with Crippen molar-refractivity contribution in [3.8, 4) is 11.5 Å². The van der Waals surface area contributed by atoms with Crippen molar-refractivity contribution in [2.75, 3.05) is 13.7 Å². The summed E-state index contributed by atoms with van der Waals surface area (Å²) in [6.07, 6.45) is 0.714. The van der Waals surface area contributed by atoms with Crippen LogP contribution in [-0.4, -0.2) is 30.0 Å². The molecule has 1 unspecified atom stereocenters. The Morgan fingerprint density at radius 2 is 2.00 bits per heavy atom. The Labute approximate surface area is 115 Å². The van der Waals surface area contributed by atoms with E-state index in [1.54, 1.807) is 12.1 Å². The summed E-state index contributed by atoms with van der Waals surface area (Å²) < 4.78 is 5.01. The van der Waals surface area contributed by atoms with E-state index in [9.17, 15) is 5.11 Å². The van der Waals surface area contributed by atoms with Crippen LogP contribution in [0.4, 0.5) is 0 Å². The molecule has 0 aliphatic rings. The van der Waals surface area contributed by atoms with E-state index in [1.165, 1.54) is 7.11 Å². The first-order valence-electron chi connectivity index (χ1n) is 6.58. The molecule has 1 atom stereocenters. The minimum Gasteiger partial charge on any atom is -0.504 e. The summed E-state index contributed by atoms with van der Waals surface area (Å²) >= 11 is 0. The number of aromatic hydroxyl groups is 1. The molecule has 0 saturated carbocycles. The van der Waals surface area contributed by atoms with Gasteiger partial charge in [-0.2, -0.15) is 0 Å². The zero-order chi connectivity index (χ0) is 14.5. The topological polar surface area (TPSA) is 61.7 Å². The van der Waals surface area contributed by atoms with Gasteiger partial charge in [0.2, 0.25) is 0 Å². The lowest BCUT2D eigenvalue weighted by molar-refractivity contribution is 0.196. The Bertz CT molecular complexity index is 399. The van der Waals surface area contributed by atoms with Crippen molar-refractivity contribution >= 4 is 0 Å². The van der Waals surface area contributed by atoms with Gasteiger partial charge in [0, 0.05) is 19.2 Å². The molecule has 4 heteroatoms. The van der Waals surface area contributed by atoms with Crippen molar-refractivity contribution in [1.82, 2.24) is 5.32 Å². The number of hydrogen-bond donors (Lipinski definition) is 3. The molecule has 0 amide bonds. The first kappa shape index (κ1) is 15.8. The van der Waals surface area contributed by atoms with Gasteiger partial charge in [-0.1, -0.05) is 26.8 Å². The number of aliphatic hydroxyl groups is 1. The second kappa shape index (κ2) is 6.78. The molecule has 108 valence electrons. The van der Waals surface area contributed by atoms with Crippen LogP contribution in [0.15, 0.2) is 18.2 Å². The van der Waals surface area contributed by atoms with Gasteiger partial charge < -0.3 is 20.3 Å². The lowest BCUT2D eigenvalue weighted by Gasteiger charge is -2.31. The summed E-state index contributed by atoms with van der Waals surface area (Å²) in [5.41, 5.74) is 1.07. The van der Waals surface area contributed by atoms with E-state index in [2.05, 4.69) is 26.1 Å². The number of phenolic OH excluding ortho intramolecular Hbond substituents is 1. The predicted molar refractivity (Wildman–Crippen MR) is 76.4 cm³/mol. The molecule has 0 fully saturated rings. The molecule has 0 aromatic heterocycles. The molecule has 0 heterocycles. The Kier molecular flexibility index (Phi) is 5.63. The molecule has 3 N–H and O–H groups in total. The SMILES string of the molecule is COc1ccc(CNC(CCO)C(C)(C)C)cc1O. The van der Waals surface area contributed by atoms with Crippen LogP contribution in [0.5, 0.6) is 11.5 Å². The quantitative estimate of drug-likeness (QED) is 0.740. The highest BCUT2D eigenvalue weighted by Gasteiger charge is 2.23. The molecule has 0 aliphatic heterocycles. The molecule has 1 aromatic carbocycles. The minimum absolute atomic E-state index is 0.0806. The van der Waals surface area contributed by atoms with E-state index in [4.69, 9.17) is 9.84 Å². The van der Waals surface area contributed by atoms with Gasteiger partial charge in [-0.15, -0.1) is 0 Å². The van der Waals surface area contributed by atoms with Crippen LogP contribution in [0.25, 0.3) is 0 Å². The molecule has 0 spiro atoms. The van der Waals surface area contributed by atoms with Gasteiger partial charge in [0.25, 0.3) is 0 Å². The number of benzene rings is 1. The number of methoxy groups -OCH3 is 1. The van der Waals surface area contributed by atoms with Crippen molar-refractivity contribution in [2.24, 2.45) is 5.41 Å². The molecular weight excluding hydrogens is 242 g/mol. The van der Waals surface area contributed by atoms with Crippen molar-refractivity contribution in [1.29, 1.82) is 0 Å². The van der Waals surface area contributed by atoms with Gasteiger partial charge in [-0.25, -0.2) is 0 Å². The van der Waals surface area contributed by atoms with E-state index >= 15 is 0 Å². The molecule has 1 rings (SSSR count). The van der Waals surface area contributed by atoms with Gasteiger partial charge in [0.1, 0.15) is 0 Å². The van der Waals surface area contributed by atoms with Crippen LogP contribution >= 0.6 is 0 Å². The van der Waals surface area contributed by atoms with Crippen LogP contribution in [0.3, 0.4) is 0 Å². The zero-order valence-electron chi connectivity index (χ0n) is 12.2. The summed E-state index contributed by atoms with van der Waals surface area (Å²) in [5, 5.41) is 22.3. The number of ether oxygens (including phenoxy) is 1. The van der Waals surface area contributed by atoms with Crippen LogP contribution in [-0.2, 0) is 6.54 Å². The number of aliphatic hydroxyl groups excluding tert-OH is 1. The fourth-order valence-electron chi connectivity index (χ4n) is 2.06. The average Bonchev–Trinajstić information content (AvgIpc) is 2.33. The summed E-state index contributed by atoms with van der Waals surface area (Å²) in [7, 11) is 1.53. The van der Waals surface area contributed by atoms with Crippen molar-refractivity contribution in [3.63, 3.8) is 0 Å². The van der Waals surface area contributed by atoms with Crippen molar-refractivity contribution < 1.29 is 14.9 Å². The predicted octanol–water partition coefficient (Wildman–Crippen LogP) is 2.29. The monoisotopic (exact) mass is 267 g/mol. The molecular formula is C15H25NO3. The van der Waals surface area contributed by atoms with E-state index in [-0.39, 0.29) is 23.8 Å². The fraction of sp³-hybridized carbons (Fsp3) is 0.600. The fourth-order valence-corrected chi connectivity index (χ4v) is 2.06. The number of rotatable bonds is 6. The van der Waals surface area contributed by atoms with Gasteiger partial charge in [-0.05, 0) is 29.5 Å². The Hall–Kier alpha value is -1.26. The standard InChI is InChI=1S/C15H25NO3/c1-15(2,3)14(7-8-17)16-10-11-5-6-13(19-4)12(18)9-11/h5-6,9,14,16-18H,7-8,10H2,1-4H3. The van der Waals surface area contributed by atoms with Gasteiger partial charge >= 0.3 is 0 Å². The Morgan fingerprint density at radius 1 is 1.32 bits per heavy atom. The van der Waals surface area contributed by atoms with Gasteiger partial charge in [0.15, 0.2) is 11.5 Å². The van der Waals surface area contributed by atoms with E-state index in [0.29, 0.717) is 18.7 Å². The smallest absolute Gasteiger partial charge is 0.160 e.